The van der Waals surface area contributed by atoms with E-state index >= 15 is 0 Å². The molecule has 17 heavy (non-hydrogen) atoms. The Labute approximate surface area is 103 Å². The van der Waals surface area contributed by atoms with Crippen molar-refractivity contribution in [1.29, 1.82) is 0 Å². The van der Waals surface area contributed by atoms with Crippen molar-refractivity contribution >= 4 is 9.84 Å². The summed E-state index contributed by atoms with van der Waals surface area (Å²) < 4.78 is 24.1. The van der Waals surface area contributed by atoms with E-state index in [4.69, 9.17) is 5.73 Å². The third kappa shape index (κ3) is 3.29. The Hall–Kier alpha value is -0.880. The van der Waals surface area contributed by atoms with Crippen molar-refractivity contribution in [2.24, 2.45) is 12.8 Å². The molecule has 1 atom stereocenters. The van der Waals surface area contributed by atoms with Crippen molar-refractivity contribution in [3.8, 4) is 0 Å². The lowest BCUT2D eigenvalue weighted by atomic mass is 9.98. The van der Waals surface area contributed by atoms with Gasteiger partial charge in [0, 0.05) is 25.5 Å². The summed E-state index contributed by atoms with van der Waals surface area (Å²) in [5.41, 5.74) is 7.06. The van der Waals surface area contributed by atoms with Gasteiger partial charge < -0.3 is 5.73 Å². The highest BCUT2D eigenvalue weighted by atomic mass is 32.2. The number of sulfone groups is 1. The SMILES string of the molecule is Cn1cc(CCC(N)C(C)(C)S(C)(=O)=O)cn1. The van der Waals surface area contributed by atoms with Gasteiger partial charge in [-0.3, -0.25) is 4.68 Å². The van der Waals surface area contributed by atoms with Crippen LogP contribution < -0.4 is 5.73 Å². The van der Waals surface area contributed by atoms with Crippen LogP contribution in [0, 0.1) is 0 Å². The summed E-state index contributed by atoms with van der Waals surface area (Å²) in [4.78, 5) is 0. The Morgan fingerprint density at radius 3 is 2.53 bits per heavy atom. The predicted molar refractivity (Wildman–Crippen MR) is 68.4 cm³/mol. The number of nitrogens with zero attached hydrogens (tertiary/aromatic N) is 2. The average Bonchev–Trinajstić information content (AvgIpc) is 2.58. The van der Waals surface area contributed by atoms with Crippen molar-refractivity contribution in [1.82, 2.24) is 9.78 Å². The van der Waals surface area contributed by atoms with Gasteiger partial charge in [-0.2, -0.15) is 5.10 Å². The maximum absolute atomic E-state index is 11.6. The molecule has 98 valence electrons. The zero-order chi connectivity index (χ0) is 13.3. The molecule has 6 heteroatoms. The van der Waals surface area contributed by atoms with Crippen LogP contribution in [0.15, 0.2) is 12.4 Å². The van der Waals surface area contributed by atoms with Crippen molar-refractivity contribution in [3.63, 3.8) is 0 Å². The number of nitrogens with two attached hydrogens (primary N) is 1. The van der Waals surface area contributed by atoms with Crippen LogP contribution >= 0.6 is 0 Å². The van der Waals surface area contributed by atoms with Gasteiger partial charge in [0.1, 0.15) is 0 Å². The molecule has 1 heterocycles. The van der Waals surface area contributed by atoms with E-state index in [2.05, 4.69) is 5.10 Å². The first-order valence-electron chi connectivity index (χ1n) is 5.57. The minimum Gasteiger partial charge on any atom is -0.326 e. The minimum absolute atomic E-state index is 0.377. The van der Waals surface area contributed by atoms with Gasteiger partial charge in [-0.1, -0.05) is 0 Å². The van der Waals surface area contributed by atoms with E-state index in [1.54, 1.807) is 24.7 Å². The molecule has 0 bridgehead atoms. The summed E-state index contributed by atoms with van der Waals surface area (Å²) >= 11 is 0. The molecule has 0 radical (unpaired) electrons. The Morgan fingerprint density at radius 1 is 1.53 bits per heavy atom. The van der Waals surface area contributed by atoms with Crippen LogP contribution in [-0.2, 0) is 23.3 Å². The van der Waals surface area contributed by atoms with Crippen molar-refractivity contribution in [3.05, 3.63) is 18.0 Å². The summed E-state index contributed by atoms with van der Waals surface area (Å²) in [7, 11) is -1.30. The third-order valence-electron chi connectivity index (χ3n) is 3.35. The van der Waals surface area contributed by atoms with Crippen LogP contribution in [0.4, 0.5) is 0 Å². The number of hydrogen-bond donors (Lipinski definition) is 1. The van der Waals surface area contributed by atoms with Crippen LogP contribution in [0.2, 0.25) is 0 Å². The minimum atomic E-state index is -3.15. The molecular weight excluding hydrogens is 238 g/mol. The largest absolute Gasteiger partial charge is 0.326 e. The Balaban J connectivity index is 2.64. The molecule has 0 aliphatic rings. The second-order valence-corrected chi connectivity index (χ2v) is 7.64. The van der Waals surface area contributed by atoms with Gasteiger partial charge in [-0.25, -0.2) is 8.42 Å². The Kier molecular flexibility index (Phi) is 3.99. The molecule has 0 amide bonds. The third-order valence-corrected chi connectivity index (χ3v) is 5.57. The highest BCUT2D eigenvalue weighted by Gasteiger charge is 2.36. The summed E-state index contributed by atoms with van der Waals surface area (Å²) in [6.07, 6.45) is 6.30. The summed E-state index contributed by atoms with van der Waals surface area (Å²) in [5.74, 6) is 0. The molecule has 0 saturated carbocycles. The van der Waals surface area contributed by atoms with E-state index < -0.39 is 14.6 Å². The molecule has 0 aliphatic carbocycles. The Bertz CT molecular complexity index is 477. The van der Waals surface area contributed by atoms with Gasteiger partial charge in [0.2, 0.25) is 0 Å². The van der Waals surface area contributed by atoms with Gasteiger partial charge >= 0.3 is 0 Å². The lowest BCUT2D eigenvalue weighted by Gasteiger charge is -2.29. The average molecular weight is 259 g/mol. The molecule has 1 aromatic heterocycles. The van der Waals surface area contributed by atoms with E-state index in [1.165, 1.54) is 6.26 Å². The van der Waals surface area contributed by atoms with Gasteiger partial charge in [-0.15, -0.1) is 0 Å². The molecule has 0 aliphatic heterocycles. The first-order chi connectivity index (χ1) is 7.64. The summed E-state index contributed by atoms with van der Waals surface area (Å²) in [6.45, 7) is 3.35. The van der Waals surface area contributed by atoms with Gasteiger partial charge in [0.05, 0.1) is 10.9 Å². The molecule has 0 saturated heterocycles. The zero-order valence-corrected chi connectivity index (χ0v) is 11.7. The lowest BCUT2D eigenvalue weighted by Crippen LogP contribution is -2.48. The van der Waals surface area contributed by atoms with Gasteiger partial charge in [-0.05, 0) is 32.3 Å². The molecule has 5 nitrogen and oxygen atoms in total. The second-order valence-electron chi connectivity index (χ2n) is 5.04. The molecule has 1 rings (SSSR count). The fourth-order valence-corrected chi connectivity index (χ4v) is 2.21. The normalized spacial score (nSPS) is 14.9. The van der Waals surface area contributed by atoms with E-state index in [-0.39, 0.29) is 6.04 Å². The predicted octanol–water partition coefficient (Wildman–Crippen LogP) is 0.503. The number of aromatic nitrogens is 2. The summed E-state index contributed by atoms with van der Waals surface area (Å²) in [6, 6.07) is -0.377. The highest BCUT2D eigenvalue weighted by Crippen LogP contribution is 2.21. The topological polar surface area (TPSA) is 78.0 Å². The molecule has 0 spiro atoms. The van der Waals surface area contributed by atoms with E-state index in [0.29, 0.717) is 6.42 Å². The maximum Gasteiger partial charge on any atom is 0.154 e. The zero-order valence-electron chi connectivity index (χ0n) is 10.8. The van der Waals surface area contributed by atoms with Gasteiger partial charge in [0.15, 0.2) is 9.84 Å². The molecule has 1 aromatic rings. The van der Waals surface area contributed by atoms with E-state index in [0.717, 1.165) is 12.0 Å². The van der Waals surface area contributed by atoms with Crippen LogP contribution in [0.1, 0.15) is 25.8 Å². The van der Waals surface area contributed by atoms with Crippen molar-refractivity contribution in [2.45, 2.75) is 37.5 Å². The molecule has 2 N–H and O–H groups in total. The van der Waals surface area contributed by atoms with Crippen molar-refractivity contribution in [2.75, 3.05) is 6.26 Å². The standard InChI is InChI=1S/C11H21N3O2S/c1-11(2,17(4,15)16)10(12)6-5-9-7-13-14(3)8-9/h7-8,10H,5-6,12H2,1-4H3. The first-order valence-corrected chi connectivity index (χ1v) is 7.46. The Morgan fingerprint density at radius 2 is 2.12 bits per heavy atom. The molecule has 0 fully saturated rings. The van der Waals surface area contributed by atoms with E-state index in [9.17, 15) is 8.42 Å². The van der Waals surface area contributed by atoms with Crippen LogP contribution in [0.5, 0.6) is 0 Å². The molecular formula is C11H21N3O2S. The number of rotatable bonds is 5. The van der Waals surface area contributed by atoms with Crippen LogP contribution in [0.3, 0.4) is 0 Å². The highest BCUT2D eigenvalue weighted by molar-refractivity contribution is 7.92. The smallest absolute Gasteiger partial charge is 0.154 e. The van der Waals surface area contributed by atoms with Crippen LogP contribution in [0.25, 0.3) is 0 Å². The monoisotopic (exact) mass is 259 g/mol. The number of aryl methyl sites for hydroxylation is 2. The maximum atomic E-state index is 11.6. The fraction of sp³-hybridized carbons (Fsp3) is 0.727. The van der Waals surface area contributed by atoms with Gasteiger partial charge in [0.25, 0.3) is 0 Å². The molecule has 0 aromatic carbocycles. The first kappa shape index (κ1) is 14.2. The van der Waals surface area contributed by atoms with Crippen molar-refractivity contribution < 1.29 is 8.42 Å². The van der Waals surface area contributed by atoms with Crippen LogP contribution in [-0.4, -0.2) is 35.2 Å². The second kappa shape index (κ2) is 4.78. The summed E-state index contributed by atoms with van der Waals surface area (Å²) in [5, 5.41) is 4.06. The fourth-order valence-electron chi connectivity index (χ4n) is 1.55. The van der Waals surface area contributed by atoms with E-state index in [1.807, 2.05) is 13.2 Å². The lowest BCUT2D eigenvalue weighted by molar-refractivity contribution is 0.463. The molecule has 1 unspecified atom stereocenters. The quantitative estimate of drug-likeness (QED) is 0.835. The number of hydrogen-bond acceptors (Lipinski definition) is 4.